The fourth-order valence-corrected chi connectivity index (χ4v) is 2.94. The summed E-state index contributed by atoms with van der Waals surface area (Å²) in [4.78, 5) is 23.6. The maximum atomic E-state index is 13.5. The van der Waals surface area contributed by atoms with Crippen LogP contribution in [0.4, 0.5) is 4.39 Å². The van der Waals surface area contributed by atoms with Gasteiger partial charge in [-0.1, -0.05) is 32.5 Å². The summed E-state index contributed by atoms with van der Waals surface area (Å²) in [5, 5.41) is -0.911. The van der Waals surface area contributed by atoms with Crippen LogP contribution in [0.25, 0.3) is 0 Å². The average molecular weight is 368 g/mol. The van der Waals surface area contributed by atoms with Crippen molar-refractivity contribution in [3.8, 4) is 0 Å². The molecule has 0 saturated heterocycles. The average Bonchev–Trinajstić information content (AvgIpc) is 2.30. The molecule has 1 unspecified atom stereocenters. The Bertz CT molecular complexity index is 520. The number of thioether (sulfide) groups is 1. The van der Waals surface area contributed by atoms with Gasteiger partial charge in [0.05, 0.1) is 5.56 Å². The van der Waals surface area contributed by atoms with Crippen LogP contribution >= 0.6 is 39.3 Å². The van der Waals surface area contributed by atoms with E-state index >= 15 is 0 Å². The van der Waals surface area contributed by atoms with Gasteiger partial charge in [-0.05, 0) is 45.6 Å². The molecule has 0 saturated carbocycles. The number of benzene rings is 1. The molecule has 0 aromatic heterocycles. The maximum absolute atomic E-state index is 13.5. The molecule has 0 fully saturated rings. The lowest BCUT2D eigenvalue weighted by Crippen LogP contribution is -2.13. The van der Waals surface area contributed by atoms with Crippen LogP contribution in [0.15, 0.2) is 21.5 Å². The van der Waals surface area contributed by atoms with E-state index in [1.807, 2.05) is 20.8 Å². The lowest BCUT2D eigenvalue weighted by atomic mass is 10.0. The van der Waals surface area contributed by atoms with Crippen LogP contribution < -0.4 is 0 Å². The second kappa shape index (κ2) is 6.86. The monoisotopic (exact) mass is 366 g/mol. The van der Waals surface area contributed by atoms with Gasteiger partial charge in [0.25, 0.3) is 5.24 Å². The highest BCUT2D eigenvalue weighted by atomic mass is 79.9. The zero-order chi connectivity index (χ0) is 14.7. The smallest absolute Gasteiger partial charge is 0.255 e. The molecule has 1 rings (SSSR count). The van der Waals surface area contributed by atoms with Crippen LogP contribution in [0.2, 0.25) is 0 Å². The Morgan fingerprint density at radius 1 is 1.32 bits per heavy atom. The molecule has 0 aliphatic rings. The first-order chi connectivity index (χ1) is 8.73. The van der Waals surface area contributed by atoms with E-state index in [1.54, 1.807) is 0 Å². The van der Waals surface area contributed by atoms with Gasteiger partial charge < -0.3 is 0 Å². The summed E-state index contributed by atoms with van der Waals surface area (Å²) in [6, 6.07) is 2.44. The van der Waals surface area contributed by atoms with Crippen molar-refractivity contribution in [2.45, 2.75) is 25.7 Å². The molecule has 0 heterocycles. The topological polar surface area (TPSA) is 34.1 Å². The first-order valence-electron chi connectivity index (χ1n) is 5.64. The normalized spacial score (nSPS) is 12.6. The summed E-state index contributed by atoms with van der Waals surface area (Å²) >= 11 is 9.46. The Hall–Kier alpha value is -0.390. The predicted molar refractivity (Wildman–Crippen MR) is 79.1 cm³/mol. The third kappa shape index (κ3) is 4.29. The highest BCUT2D eigenvalue weighted by Crippen LogP contribution is 2.33. The van der Waals surface area contributed by atoms with Crippen molar-refractivity contribution in [2.75, 3.05) is 0 Å². The van der Waals surface area contributed by atoms with E-state index in [0.717, 1.165) is 17.8 Å². The molecule has 0 bridgehead atoms. The van der Waals surface area contributed by atoms with Crippen molar-refractivity contribution in [2.24, 2.45) is 11.8 Å². The van der Waals surface area contributed by atoms with Crippen molar-refractivity contribution in [1.29, 1.82) is 0 Å². The molecule has 2 nitrogen and oxygen atoms in total. The van der Waals surface area contributed by atoms with E-state index in [9.17, 15) is 14.0 Å². The molecular weight excluding hydrogens is 355 g/mol. The molecule has 1 aromatic carbocycles. The molecule has 1 atom stereocenters. The van der Waals surface area contributed by atoms with Gasteiger partial charge >= 0.3 is 0 Å². The van der Waals surface area contributed by atoms with Crippen LogP contribution in [0.5, 0.6) is 0 Å². The molecule has 104 valence electrons. The molecule has 0 aliphatic heterocycles. The van der Waals surface area contributed by atoms with Crippen LogP contribution in [0, 0.1) is 17.7 Å². The summed E-state index contributed by atoms with van der Waals surface area (Å²) in [5.74, 6) is -0.619. The van der Waals surface area contributed by atoms with Gasteiger partial charge in [0.2, 0.25) is 0 Å². The van der Waals surface area contributed by atoms with Crippen LogP contribution in [-0.2, 0) is 4.79 Å². The van der Waals surface area contributed by atoms with Crippen LogP contribution in [0.3, 0.4) is 0 Å². The van der Waals surface area contributed by atoms with Crippen LogP contribution in [0.1, 0.15) is 31.1 Å². The summed E-state index contributed by atoms with van der Waals surface area (Å²) < 4.78 is 13.9. The summed E-state index contributed by atoms with van der Waals surface area (Å²) in [7, 11) is 0. The number of hydrogen-bond donors (Lipinski definition) is 0. The zero-order valence-electron chi connectivity index (χ0n) is 10.7. The Labute approximate surface area is 129 Å². The maximum Gasteiger partial charge on any atom is 0.255 e. The molecular formula is C13H13BrClFO2S. The number of carbonyl (C=O) groups is 2. The van der Waals surface area contributed by atoms with Gasteiger partial charge in [-0.15, -0.1) is 0 Å². The molecule has 0 spiro atoms. The van der Waals surface area contributed by atoms with E-state index in [4.69, 9.17) is 11.6 Å². The third-order valence-corrected chi connectivity index (χ3v) is 5.07. The van der Waals surface area contributed by atoms with Gasteiger partial charge in [0, 0.05) is 15.3 Å². The van der Waals surface area contributed by atoms with Gasteiger partial charge in [0.15, 0.2) is 5.12 Å². The van der Waals surface area contributed by atoms with Crippen LogP contribution in [-0.4, -0.2) is 10.4 Å². The third-order valence-electron chi connectivity index (χ3n) is 2.82. The van der Waals surface area contributed by atoms with Crippen molar-refractivity contribution in [3.05, 3.63) is 28.0 Å². The van der Waals surface area contributed by atoms with Crippen molar-refractivity contribution in [1.82, 2.24) is 0 Å². The Morgan fingerprint density at radius 3 is 2.37 bits per heavy atom. The van der Waals surface area contributed by atoms with E-state index in [0.29, 0.717) is 9.37 Å². The van der Waals surface area contributed by atoms with E-state index in [-0.39, 0.29) is 22.5 Å². The Balaban J connectivity index is 3.05. The summed E-state index contributed by atoms with van der Waals surface area (Å²) in [6.07, 6.45) is 0. The van der Waals surface area contributed by atoms with Gasteiger partial charge in [-0.25, -0.2) is 4.39 Å². The summed E-state index contributed by atoms with van der Waals surface area (Å²) in [5.41, 5.74) is -0.225. The first-order valence-corrected chi connectivity index (χ1v) is 7.63. The van der Waals surface area contributed by atoms with Gasteiger partial charge in [-0.3, -0.25) is 9.59 Å². The molecule has 1 aromatic rings. The fourth-order valence-electron chi connectivity index (χ4n) is 1.23. The number of rotatable bonds is 4. The van der Waals surface area contributed by atoms with Crippen molar-refractivity contribution in [3.63, 3.8) is 0 Å². The number of hydrogen-bond acceptors (Lipinski definition) is 3. The molecule has 0 aliphatic carbocycles. The fraction of sp³-hybridized carbons (Fsp3) is 0.385. The largest absolute Gasteiger partial charge is 0.287 e. The summed E-state index contributed by atoms with van der Waals surface area (Å²) in [6.45, 7) is 5.75. The number of carbonyl (C=O) groups excluding carboxylic acids is 2. The van der Waals surface area contributed by atoms with E-state index in [1.165, 1.54) is 6.07 Å². The van der Waals surface area contributed by atoms with Gasteiger partial charge in [0.1, 0.15) is 5.82 Å². The zero-order valence-corrected chi connectivity index (χ0v) is 13.8. The predicted octanol–water partition coefficient (Wildman–Crippen LogP) is 4.88. The minimum absolute atomic E-state index is 0.0321. The van der Waals surface area contributed by atoms with Crippen molar-refractivity contribution >= 4 is 49.7 Å². The minimum Gasteiger partial charge on any atom is -0.287 e. The second-order valence-corrected chi connectivity index (χ2v) is 6.73. The van der Waals surface area contributed by atoms with E-state index in [2.05, 4.69) is 15.9 Å². The lowest BCUT2D eigenvalue weighted by Gasteiger charge is -2.14. The molecule has 0 amide bonds. The minimum atomic E-state index is -0.879. The highest BCUT2D eigenvalue weighted by Gasteiger charge is 2.21. The van der Waals surface area contributed by atoms with E-state index < -0.39 is 11.1 Å². The molecule has 6 heteroatoms. The van der Waals surface area contributed by atoms with Gasteiger partial charge in [-0.2, -0.15) is 0 Å². The Morgan fingerprint density at radius 2 is 1.89 bits per heavy atom. The standard InChI is InChI=1S/C13H13BrClFO2S/c1-6(2)7(3)13(18)19-11-4-8(12(15)17)10(16)5-9(11)14/h4-7H,1-3H3. The number of halogens is 3. The first kappa shape index (κ1) is 16.7. The highest BCUT2D eigenvalue weighted by molar-refractivity contribution is 9.10. The molecule has 19 heavy (non-hydrogen) atoms. The second-order valence-electron chi connectivity index (χ2n) is 4.49. The quantitative estimate of drug-likeness (QED) is 0.562. The molecule has 0 radical (unpaired) electrons. The molecule has 0 N–H and O–H groups in total. The SMILES string of the molecule is CC(C)C(C)C(=O)Sc1cc(C(=O)Cl)c(F)cc1Br. The van der Waals surface area contributed by atoms with Crippen molar-refractivity contribution < 1.29 is 14.0 Å². The Kier molecular flexibility index (Phi) is 6.02. The lowest BCUT2D eigenvalue weighted by molar-refractivity contribution is -0.114.